The molecule has 0 bridgehead atoms. The zero-order chi connectivity index (χ0) is 20.9. The summed E-state index contributed by atoms with van der Waals surface area (Å²) in [4.78, 5) is 16.9. The Balaban J connectivity index is 1.18. The van der Waals surface area contributed by atoms with Gasteiger partial charge in [0.1, 0.15) is 5.60 Å². The average molecular weight is 409 g/mol. The van der Waals surface area contributed by atoms with E-state index in [0.29, 0.717) is 11.5 Å². The van der Waals surface area contributed by atoms with Crippen molar-refractivity contribution >= 4 is 6.09 Å². The number of nitrogens with zero attached hydrogens (tertiary/aromatic N) is 4. The highest BCUT2D eigenvalue weighted by molar-refractivity contribution is 5.68. The number of fused-ring (bicyclic) bond motifs is 1. The highest BCUT2D eigenvalue weighted by atomic mass is 16.6. The predicted molar refractivity (Wildman–Crippen MR) is 116 cm³/mol. The van der Waals surface area contributed by atoms with Crippen molar-refractivity contribution in [3.63, 3.8) is 0 Å². The first kappa shape index (κ1) is 19.6. The van der Waals surface area contributed by atoms with Crippen molar-refractivity contribution in [3.05, 3.63) is 47.8 Å². The van der Waals surface area contributed by atoms with E-state index in [1.807, 2.05) is 48.8 Å². The van der Waals surface area contributed by atoms with E-state index in [0.717, 1.165) is 51.1 Å². The lowest BCUT2D eigenvalue weighted by molar-refractivity contribution is -0.0716. The summed E-state index contributed by atoms with van der Waals surface area (Å²) in [6.45, 7) is 9.72. The first-order valence-corrected chi connectivity index (χ1v) is 11.2. The van der Waals surface area contributed by atoms with Gasteiger partial charge in [0, 0.05) is 44.6 Å². The number of likely N-dealkylation sites (tertiary alicyclic amines) is 2. The smallest absolute Gasteiger partial charge is 0.410 e. The van der Waals surface area contributed by atoms with Crippen LogP contribution in [0.1, 0.15) is 57.2 Å². The number of amides is 1. The van der Waals surface area contributed by atoms with Crippen molar-refractivity contribution in [2.75, 3.05) is 26.2 Å². The standard InChI is InChI=1S/C24H32N4O2/c1-23(2,3)30-22(29)26-13-9-24(10-14-26)16-27(17-24)21-8-5-18-15-19(6-7-20(18)21)28-12-4-11-25-28/h4,6-7,11-12,15,21H,5,8-10,13-14,16-17H2,1-3H3/t21-/m1/s1. The van der Waals surface area contributed by atoms with Crippen LogP contribution in [0.2, 0.25) is 0 Å². The SMILES string of the molecule is CC(C)(C)OC(=O)N1CCC2(CC1)CN([C@@H]1CCc3cc(-n4cccn4)ccc31)C2. The molecule has 1 aliphatic carbocycles. The molecule has 6 heteroatoms. The Morgan fingerprint density at radius 1 is 1.20 bits per heavy atom. The molecule has 3 aliphatic rings. The van der Waals surface area contributed by atoms with Gasteiger partial charge >= 0.3 is 6.09 Å². The van der Waals surface area contributed by atoms with Gasteiger partial charge in [-0.1, -0.05) is 6.07 Å². The van der Waals surface area contributed by atoms with Crippen molar-refractivity contribution in [2.24, 2.45) is 5.41 Å². The van der Waals surface area contributed by atoms with Crippen molar-refractivity contribution < 1.29 is 9.53 Å². The summed E-state index contributed by atoms with van der Waals surface area (Å²) in [7, 11) is 0. The molecule has 2 saturated heterocycles. The third-order valence-corrected chi connectivity index (χ3v) is 6.94. The first-order chi connectivity index (χ1) is 14.3. The minimum Gasteiger partial charge on any atom is -0.444 e. The summed E-state index contributed by atoms with van der Waals surface area (Å²) < 4.78 is 7.48. The third-order valence-electron chi connectivity index (χ3n) is 6.94. The number of carbonyl (C=O) groups is 1. The summed E-state index contributed by atoms with van der Waals surface area (Å²) in [5, 5.41) is 4.36. The highest BCUT2D eigenvalue weighted by Gasteiger charge is 2.48. The number of aromatic nitrogens is 2. The molecule has 0 radical (unpaired) electrons. The van der Waals surface area contributed by atoms with Crippen LogP contribution < -0.4 is 0 Å². The molecule has 0 N–H and O–H groups in total. The molecular formula is C24H32N4O2. The Labute approximate surface area is 178 Å². The van der Waals surface area contributed by atoms with Gasteiger partial charge in [0.05, 0.1) is 5.69 Å². The van der Waals surface area contributed by atoms with E-state index in [9.17, 15) is 4.79 Å². The molecule has 0 unspecified atom stereocenters. The Hall–Kier alpha value is -2.34. The lowest BCUT2D eigenvalue weighted by Gasteiger charge is -2.56. The molecule has 1 atom stereocenters. The monoisotopic (exact) mass is 408 g/mol. The number of piperidine rings is 1. The van der Waals surface area contributed by atoms with Gasteiger partial charge in [-0.25, -0.2) is 9.48 Å². The lowest BCUT2D eigenvalue weighted by Crippen LogP contribution is -2.61. The molecule has 1 aromatic heterocycles. The average Bonchev–Trinajstić information content (AvgIpc) is 3.34. The van der Waals surface area contributed by atoms with E-state index in [4.69, 9.17) is 4.74 Å². The molecule has 1 aromatic carbocycles. The van der Waals surface area contributed by atoms with Crippen LogP contribution >= 0.6 is 0 Å². The van der Waals surface area contributed by atoms with E-state index in [2.05, 4.69) is 28.2 Å². The van der Waals surface area contributed by atoms with Gasteiger partial charge in [-0.3, -0.25) is 4.90 Å². The summed E-state index contributed by atoms with van der Waals surface area (Å²) in [6.07, 6.45) is 8.18. The Morgan fingerprint density at radius 3 is 2.63 bits per heavy atom. The first-order valence-electron chi connectivity index (χ1n) is 11.2. The van der Waals surface area contributed by atoms with E-state index in [-0.39, 0.29) is 6.09 Å². The maximum atomic E-state index is 12.3. The van der Waals surface area contributed by atoms with Crippen LogP contribution in [0, 0.1) is 5.41 Å². The zero-order valence-electron chi connectivity index (χ0n) is 18.3. The van der Waals surface area contributed by atoms with Crippen molar-refractivity contribution in [3.8, 4) is 5.69 Å². The minimum absolute atomic E-state index is 0.161. The summed E-state index contributed by atoms with van der Waals surface area (Å²) in [5.41, 5.74) is 4.07. The van der Waals surface area contributed by atoms with Crippen LogP contribution in [0.3, 0.4) is 0 Å². The van der Waals surface area contributed by atoms with Crippen LogP contribution in [0.4, 0.5) is 4.79 Å². The Kier molecular flexibility index (Phi) is 4.65. The predicted octanol–water partition coefficient (Wildman–Crippen LogP) is 4.19. The van der Waals surface area contributed by atoms with E-state index in [1.54, 1.807) is 0 Å². The fourth-order valence-electron chi connectivity index (χ4n) is 5.37. The molecule has 30 heavy (non-hydrogen) atoms. The van der Waals surface area contributed by atoms with E-state index >= 15 is 0 Å². The van der Waals surface area contributed by atoms with Crippen molar-refractivity contribution in [1.29, 1.82) is 0 Å². The molecule has 2 aromatic rings. The molecular weight excluding hydrogens is 376 g/mol. The van der Waals surface area contributed by atoms with Crippen molar-refractivity contribution in [1.82, 2.24) is 19.6 Å². The largest absolute Gasteiger partial charge is 0.444 e. The summed E-state index contributed by atoms with van der Waals surface area (Å²) in [5.74, 6) is 0. The zero-order valence-corrected chi connectivity index (χ0v) is 18.3. The highest BCUT2D eigenvalue weighted by Crippen LogP contribution is 2.48. The van der Waals surface area contributed by atoms with E-state index in [1.165, 1.54) is 17.5 Å². The van der Waals surface area contributed by atoms with Gasteiger partial charge in [0.15, 0.2) is 0 Å². The topological polar surface area (TPSA) is 50.6 Å². The van der Waals surface area contributed by atoms with Crippen molar-refractivity contribution in [2.45, 2.75) is 58.1 Å². The van der Waals surface area contributed by atoms with Gasteiger partial charge in [-0.15, -0.1) is 0 Å². The summed E-state index contributed by atoms with van der Waals surface area (Å²) in [6, 6.07) is 9.31. The lowest BCUT2D eigenvalue weighted by atomic mass is 9.71. The number of carbonyl (C=O) groups excluding carboxylic acids is 1. The fraction of sp³-hybridized carbons (Fsp3) is 0.583. The molecule has 1 spiro atoms. The van der Waals surface area contributed by atoms with Gasteiger partial charge < -0.3 is 9.64 Å². The molecule has 6 nitrogen and oxygen atoms in total. The molecule has 3 heterocycles. The molecule has 160 valence electrons. The van der Waals surface area contributed by atoms with Crippen LogP contribution in [-0.2, 0) is 11.2 Å². The molecule has 5 rings (SSSR count). The second-order valence-electron chi connectivity index (χ2n) is 10.3. The second-order valence-corrected chi connectivity index (χ2v) is 10.3. The number of hydrogen-bond acceptors (Lipinski definition) is 4. The van der Waals surface area contributed by atoms with Gasteiger partial charge in [0.2, 0.25) is 0 Å². The molecule has 1 amide bonds. The van der Waals surface area contributed by atoms with Gasteiger partial charge in [-0.05, 0) is 81.2 Å². The fourth-order valence-corrected chi connectivity index (χ4v) is 5.37. The summed E-state index contributed by atoms with van der Waals surface area (Å²) >= 11 is 0. The minimum atomic E-state index is -0.424. The Bertz CT molecular complexity index is 915. The van der Waals surface area contributed by atoms with Crippen LogP contribution in [0.5, 0.6) is 0 Å². The number of benzene rings is 1. The molecule has 2 aliphatic heterocycles. The third kappa shape index (κ3) is 3.62. The maximum Gasteiger partial charge on any atom is 0.410 e. The van der Waals surface area contributed by atoms with Crippen LogP contribution in [0.15, 0.2) is 36.7 Å². The van der Waals surface area contributed by atoms with E-state index < -0.39 is 5.60 Å². The second kappa shape index (κ2) is 7.12. The molecule has 0 saturated carbocycles. The van der Waals surface area contributed by atoms with Gasteiger partial charge in [-0.2, -0.15) is 5.10 Å². The number of ether oxygens (including phenoxy) is 1. The number of aryl methyl sites for hydroxylation is 1. The Morgan fingerprint density at radius 2 is 1.97 bits per heavy atom. The van der Waals surface area contributed by atoms with Crippen LogP contribution in [0.25, 0.3) is 5.69 Å². The normalized spacial score (nSPS) is 23.3. The molecule has 2 fully saturated rings. The number of rotatable bonds is 2. The van der Waals surface area contributed by atoms with Crippen LogP contribution in [-0.4, -0.2) is 57.5 Å². The van der Waals surface area contributed by atoms with Gasteiger partial charge in [0.25, 0.3) is 0 Å². The maximum absolute atomic E-state index is 12.3. The quantitative estimate of drug-likeness (QED) is 0.748. The number of hydrogen-bond donors (Lipinski definition) is 0.